The minimum atomic E-state index is -0.497. The number of rotatable bonds is 3. The normalized spacial score (nSPS) is 28.4. The Kier molecular flexibility index (Phi) is 3.47. The second-order valence-electron chi connectivity index (χ2n) is 7.17. The molecule has 23 heavy (non-hydrogen) atoms. The maximum Gasteiger partial charge on any atom is 0.250 e. The van der Waals surface area contributed by atoms with E-state index in [-0.39, 0.29) is 22.8 Å². The highest BCUT2D eigenvalue weighted by molar-refractivity contribution is 5.89. The molecule has 0 aliphatic heterocycles. The van der Waals surface area contributed by atoms with Crippen LogP contribution in [0.3, 0.4) is 0 Å². The van der Waals surface area contributed by atoms with E-state index in [2.05, 4.69) is 31.0 Å². The molecule has 2 bridgehead atoms. The number of nitrogens with zero attached hydrogens (tertiary/aromatic N) is 1. The van der Waals surface area contributed by atoms with Crippen molar-refractivity contribution in [3.8, 4) is 11.5 Å². The number of carbonyl (C=O) groups is 1. The number of phenolic OH excluding ortho intramolecular Hbond substituents is 2. The molecule has 0 saturated heterocycles. The highest BCUT2D eigenvalue weighted by Gasteiger charge is 2.60. The van der Waals surface area contributed by atoms with Crippen LogP contribution in [0.15, 0.2) is 35.5 Å². The van der Waals surface area contributed by atoms with Crippen LogP contribution in [-0.4, -0.2) is 22.3 Å². The number of hydrazone groups is 1. The van der Waals surface area contributed by atoms with Gasteiger partial charge in [0.25, 0.3) is 0 Å². The van der Waals surface area contributed by atoms with E-state index in [0.29, 0.717) is 11.5 Å². The lowest BCUT2D eigenvalue weighted by molar-refractivity contribution is -0.128. The van der Waals surface area contributed by atoms with Crippen LogP contribution in [0.4, 0.5) is 0 Å². The lowest BCUT2D eigenvalue weighted by Crippen LogP contribution is -2.39. The van der Waals surface area contributed by atoms with Crippen molar-refractivity contribution in [2.45, 2.75) is 33.1 Å². The fourth-order valence-electron chi connectivity index (χ4n) is 4.04. The molecule has 2 aliphatic rings. The predicted molar refractivity (Wildman–Crippen MR) is 88.2 cm³/mol. The third kappa shape index (κ3) is 2.31. The molecule has 0 aromatic heterocycles. The van der Waals surface area contributed by atoms with Gasteiger partial charge in [0.05, 0.1) is 11.6 Å². The van der Waals surface area contributed by atoms with Crippen LogP contribution in [0.25, 0.3) is 0 Å². The van der Waals surface area contributed by atoms with E-state index in [9.17, 15) is 15.0 Å². The van der Waals surface area contributed by atoms with E-state index in [4.69, 9.17) is 0 Å². The Morgan fingerprint density at radius 1 is 1.39 bits per heavy atom. The highest BCUT2D eigenvalue weighted by Crippen LogP contribution is 2.65. The molecule has 2 fully saturated rings. The first kappa shape index (κ1) is 15.6. The molecule has 3 N–H and O–H groups in total. The van der Waals surface area contributed by atoms with Gasteiger partial charge in [0.1, 0.15) is 0 Å². The van der Waals surface area contributed by atoms with Crippen LogP contribution < -0.4 is 5.43 Å². The third-order valence-electron chi connectivity index (χ3n) is 5.70. The molecule has 5 nitrogen and oxygen atoms in total. The topological polar surface area (TPSA) is 81.9 Å². The van der Waals surface area contributed by atoms with Gasteiger partial charge in [-0.1, -0.05) is 26.0 Å². The van der Waals surface area contributed by atoms with Gasteiger partial charge in [-0.15, -0.1) is 0 Å². The molecule has 1 amide bonds. The first-order valence-corrected chi connectivity index (χ1v) is 7.83. The number of aromatic hydroxyl groups is 2. The summed E-state index contributed by atoms with van der Waals surface area (Å²) < 4.78 is 0. The Labute approximate surface area is 135 Å². The lowest BCUT2D eigenvalue weighted by atomic mass is 9.68. The summed E-state index contributed by atoms with van der Waals surface area (Å²) in [4.78, 5) is 12.7. The summed E-state index contributed by atoms with van der Waals surface area (Å²) in [5, 5.41) is 22.7. The van der Waals surface area contributed by atoms with Gasteiger partial charge in [-0.3, -0.25) is 4.79 Å². The fraction of sp³-hybridized carbons (Fsp3) is 0.444. The Hall–Kier alpha value is -2.30. The second kappa shape index (κ2) is 5.11. The SMILES string of the molecule is C=C1C(C)(C)[C@H]2CC[C@]1(C(=O)N/N=C/c1ccc(O)c(O)c1)C2. The number of hydrogen-bond donors (Lipinski definition) is 3. The summed E-state index contributed by atoms with van der Waals surface area (Å²) in [6.45, 7) is 8.52. The molecule has 122 valence electrons. The molecule has 1 aromatic carbocycles. The second-order valence-corrected chi connectivity index (χ2v) is 7.17. The maximum atomic E-state index is 12.7. The molecule has 2 aliphatic carbocycles. The summed E-state index contributed by atoms with van der Waals surface area (Å²) in [5.41, 5.74) is 3.73. The quantitative estimate of drug-likeness (QED) is 0.347. The molecule has 0 spiro atoms. The van der Waals surface area contributed by atoms with Crippen LogP contribution >= 0.6 is 0 Å². The molecule has 5 heteroatoms. The van der Waals surface area contributed by atoms with Crippen molar-refractivity contribution in [1.82, 2.24) is 5.43 Å². The van der Waals surface area contributed by atoms with Crippen LogP contribution in [0.1, 0.15) is 38.7 Å². The monoisotopic (exact) mass is 314 g/mol. The molecule has 0 unspecified atom stereocenters. The molecule has 0 radical (unpaired) electrons. The summed E-state index contributed by atoms with van der Waals surface area (Å²) in [6, 6.07) is 4.36. The summed E-state index contributed by atoms with van der Waals surface area (Å²) >= 11 is 0. The summed E-state index contributed by atoms with van der Waals surface area (Å²) in [7, 11) is 0. The van der Waals surface area contributed by atoms with Crippen LogP contribution in [0.5, 0.6) is 11.5 Å². The molecular formula is C18H22N2O3. The van der Waals surface area contributed by atoms with Crippen LogP contribution in [0, 0.1) is 16.7 Å². The molecule has 1 aromatic rings. The van der Waals surface area contributed by atoms with Crippen molar-refractivity contribution in [3.05, 3.63) is 35.9 Å². The van der Waals surface area contributed by atoms with E-state index >= 15 is 0 Å². The zero-order valence-electron chi connectivity index (χ0n) is 13.5. The van der Waals surface area contributed by atoms with Crippen molar-refractivity contribution >= 4 is 12.1 Å². The van der Waals surface area contributed by atoms with Gasteiger partial charge in [0, 0.05) is 0 Å². The summed E-state index contributed by atoms with van der Waals surface area (Å²) in [5.74, 6) is 0.00332. The summed E-state index contributed by atoms with van der Waals surface area (Å²) in [6.07, 6.45) is 4.18. The Bertz CT molecular complexity index is 708. The minimum absolute atomic E-state index is 0.00203. The van der Waals surface area contributed by atoms with Gasteiger partial charge >= 0.3 is 0 Å². The number of carbonyl (C=O) groups excluding carboxylic acids is 1. The molecule has 2 atom stereocenters. The number of benzene rings is 1. The molecule has 3 rings (SSSR count). The zero-order chi connectivity index (χ0) is 16.8. The number of nitrogens with one attached hydrogen (secondary N) is 1. The Morgan fingerprint density at radius 3 is 2.74 bits per heavy atom. The van der Waals surface area contributed by atoms with E-state index in [0.717, 1.165) is 24.8 Å². The van der Waals surface area contributed by atoms with E-state index in [1.807, 2.05) is 0 Å². The third-order valence-corrected chi connectivity index (χ3v) is 5.70. The average Bonchev–Trinajstić information content (AvgIpc) is 3.03. The van der Waals surface area contributed by atoms with Crippen molar-refractivity contribution in [2.24, 2.45) is 21.8 Å². The van der Waals surface area contributed by atoms with Gasteiger partial charge in [0.2, 0.25) is 5.91 Å². The number of hydrogen-bond acceptors (Lipinski definition) is 4. The van der Waals surface area contributed by atoms with Gasteiger partial charge < -0.3 is 10.2 Å². The number of phenols is 2. The van der Waals surface area contributed by atoms with Crippen molar-refractivity contribution < 1.29 is 15.0 Å². The fourth-order valence-corrected chi connectivity index (χ4v) is 4.04. The average molecular weight is 314 g/mol. The van der Waals surface area contributed by atoms with E-state index in [1.165, 1.54) is 18.3 Å². The standard InChI is InChI=1S/C18H22N2O3/c1-11-17(2,3)13-6-7-18(11,9-13)16(23)20-19-10-12-4-5-14(21)15(22)8-12/h4-5,8,10,13,21-22H,1,6-7,9H2,2-3H3,(H,20,23)/b19-10+/t13-,18-/m0/s1. The van der Waals surface area contributed by atoms with Crippen molar-refractivity contribution in [2.75, 3.05) is 0 Å². The first-order chi connectivity index (χ1) is 10.8. The lowest BCUT2D eigenvalue weighted by Gasteiger charge is -2.36. The molecule has 0 heterocycles. The Morgan fingerprint density at radius 2 is 2.13 bits per heavy atom. The van der Waals surface area contributed by atoms with Crippen molar-refractivity contribution in [1.29, 1.82) is 0 Å². The number of amides is 1. The van der Waals surface area contributed by atoms with Gasteiger partial charge in [-0.25, -0.2) is 5.43 Å². The van der Waals surface area contributed by atoms with Gasteiger partial charge in [-0.2, -0.15) is 5.10 Å². The minimum Gasteiger partial charge on any atom is -0.504 e. The smallest absolute Gasteiger partial charge is 0.250 e. The zero-order valence-corrected chi connectivity index (χ0v) is 13.5. The maximum absolute atomic E-state index is 12.7. The predicted octanol–water partition coefficient (Wildman–Crippen LogP) is 2.93. The van der Waals surface area contributed by atoms with E-state index < -0.39 is 5.41 Å². The molecule has 2 saturated carbocycles. The first-order valence-electron chi connectivity index (χ1n) is 7.83. The van der Waals surface area contributed by atoms with Gasteiger partial charge in [0.15, 0.2) is 11.5 Å². The van der Waals surface area contributed by atoms with Crippen molar-refractivity contribution in [3.63, 3.8) is 0 Å². The van der Waals surface area contributed by atoms with Crippen LogP contribution in [0.2, 0.25) is 0 Å². The Balaban J connectivity index is 1.71. The number of fused-ring (bicyclic) bond motifs is 2. The largest absolute Gasteiger partial charge is 0.504 e. The highest BCUT2D eigenvalue weighted by atomic mass is 16.3. The van der Waals surface area contributed by atoms with E-state index in [1.54, 1.807) is 6.07 Å². The van der Waals surface area contributed by atoms with Crippen LogP contribution in [-0.2, 0) is 4.79 Å². The molecular weight excluding hydrogens is 292 g/mol. The van der Waals surface area contributed by atoms with Gasteiger partial charge in [-0.05, 0) is 54.4 Å².